The predicted octanol–water partition coefficient (Wildman–Crippen LogP) is 7.14. The largest absolute Gasteiger partial charge is 0.460 e. The van der Waals surface area contributed by atoms with Crippen LogP contribution in [0.4, 0.5) is 48.3 Å². The molecular weight excluding hydrogens is 513 g/mol. The van der Waals surface area contributed by atoms with Gasteiger partial charge in [-0.1, -0.05) is 20.8 Å². The van der Waals surface area contributed by atoms with Crippen molar-refractivity contribution >= 4 is 37.5 Å². The van der Waals surface area contributed by atoms with Crippen molar-refractivity contribution in [3.05, 3.63) is 4.77 Å². The molecule has 16 heteroatoms. The molecule has 1 rings (SSSR count). The number of aromatic nitrogens is 2. The quantitative estimate of drug-likeness (QED) is 0.217. The van der Waals surface area contributed by atoms with E-state index in [-0.39, 0.29) is 21.4 Å². The summed E-state index contributed by atoms with van der Waals surface area (Å²) < 4.78 is 146. The molecule has 0 aliphatic rings. The maximum atomic E-state index is 13.9. The third-order valence-electron chi connectivity index (χ3n) is 4.06. The van der Waals surface area contributed by atoms with E-state index in [1.54, 1.807) is 20.8 Å². The van der Waals surface area contributed by atoms with Gasteiger partial charge in [0.2, 0.25) is 0 Å². The van der Waals surface area contributed by atoms with Crippen molar-refractivity contribution in [1.82, 2.24) is 9.13 Å². The molecule has 0 spiro atoms. The monoisotopic (exact) mass is 530 g/mol. The Morgan fingerprint density at radius 2 is 1.13 bits per heavy atom. The Labute approximate surface area is 185 Å². The van der Waals surface area contributed by atoms with Crippen LogP contribution >= 0.6 is 37.5 Å². The van der Waals surface area contributed by atoms with Crippen molar-refractivity contribution in [1.29, 1.82) is 0 Å². The number of hydrogen-bond acceptors (Lipinski definition) is 3. The summed E-state index contributed by atoms with van der Waals surface area (Å²) in [6.07, 6.45) is -9.43. The molecule has 0 fully saturated rings. The van der Waals surface area contributed by atoms with Crippen molar-refractivity contribution in [2.75, 3.05) is 0 Å². The van der Waals surface area contributed by atoms with Gasteiger partial charge in [-0.05, 0) is 17.6 Å². The molecule has 0 atom stereocenters. The van der Waals surface area contributed by atoms with E-state index in [2.05, 4.69) is 25.3 Å². The number of alkyl halides is 11. The van der Waals surface area contributed by atoms with Gasteiger partial charge in [-0.15, -0.1) is 25.3 Å². The highest BCUT2D eigenvalue weighted by Crippen LogP contribution is 2.58. The highest BCUT2D eigenvalue weighted by Gasteiger charge is 2.86. The van der Waals surface area contributed by atoms with Crippen molar-refractivity contribution in [2.45, 2.75) is 80.2 Å². The molecule has 0 unspecified atom stereocenters. The van der Waals surface area contributed by atoms with Crippen LogP contribution in [-0.4, -0.2) is 39.0 Å². The van der Waals surface area contributed by atoms with E-state index in [0.29, 0.717) is 4.57 Å². The first-order valence-corrected chi connectivity index (χ1v) is 9.52. The fraction of sp³-hybridized carbons (Fsp3) is 0.800. The zero-order valence-electron chi connectivity index (χ0n) is 16.0. The van der Waals surface area contributed by atoms with E-state index in [1.807, 2.05) is 0 Å². The smallest absolute Gasteiger partial charge is 0.311 e. The average molecular weight is 530 g/mol. The summed E-state index contributed by atoms with van der Waals surface area (Å²) >= 11 is 13.0. The molecule has 0 saturated heterocycles. The maximum absolute atomic E-state index is 13.9. The number of halogens is 11. The molecule has 0 radical (unpaired) electrons. The van der Waals surface area contributed by atoms with Crippen LogP contribution in [0.3, 0.4) is 0 Å². The standard InChI is InChI=1S/C15H17F11N2S3/c1-10(2,3)6-28-8(30)7(29)27(9(28)31)5-4-11(16,17)12(18,19)13(20,21)14(22,23)15(24,25)26/h29-30H,4-6H2,1-3H3. The minimum Gasteiger partial charge on any atom is -0.311 e. The van der Waals surface area contributed by atoms with Crippen LogP contribution in [0, 0.1) is 10.2 Å². The van der Waals surface area contributed by atoms with Crippen LogP contribution in [0.1, 0.15) is 27.2 Å². The number of hydrogen-bond donors (Lipinski definition) is 2. The second-order valence-electron chi connectivity index (χ2n) is 7.90. The van der Waals surface area contributed by atoms with Crippen LogP contribution in [0.2, 0.25) is 0 Å². The zero-order chi connectivity index (χ0) is 25.0. The zero-order valence-corrected chi connectivity index (χ0v) is 18.6. The molecule has 0 aliphatic carbocycles. The van der Waals surface area contributed by atoms with Crippen LogP contribution < -0.4 is 0 Å². The Morgan fingerprint density at radius 3 is 1.52 bits per heavy atom. The minimum atomic E-state index is -7.43. The molecule has 0 saturated carbocycles. The molecule has 182 valence electrons. The lowest BCUT2D eigenvalue weighted by atomic mass is 9.96. The van der Waals surface area contributed by atoms with E-state index in [1.165, 1.54) is 4.57 Å². The fourth-order valence-corrected chi connectivity index (χ4v) is 3.48. The molecule has 1 heterocycles. The van der Waals surface area contributed by atoms with Gasteiger partial charge in [-0.2, -0.15) is 48.3 Å². The first-order chi connectivity index (χ1) is 13.4. The van der Waals surface area contributed by atoms with Gasteiger partial charge < -0.3 is 9.13 Å². The van der Waals surface area contributed by atoms with Crippen molar-refractivity contribution in [3.63, 3.8) is 0 Å². The Bertz CT molecular complexity index is 863. The summed E-state index contributed by atoms with van der Waals surface area (Å²) in [4.78, 5) is 0. The molecule has 0 amide bonds. The van der Waals surface area contributed by atoms with E-state index >= 15 is 0 Å². The minimum absolute atomic E-state index is 0.0206. The second kappa shape index (κ2) is 8.29. The number of thiol groups is 2. The van der Waals surface area contributed by atoms with Crippen LogP contribution in [0.25, 0.3) is 0 Å². The second-order valence-corrected chi connectivity index (χ2v) is 9.12. The molecule has 0 aliphatic heterocycles. The van der Waals surface area contributed by atoms with Crippen LogP contribution in [0.15, 0.2) is 10.1 Å². The third-order valence-corrected chi connectivity index (χ3v) is 5.58. The van der Waals surface area contributed by atoms with Gasteiger partial charge in [0.1, 0.15) is 10.1 Å². The molecular formula is C15H17F11N2S3. The molecule has 0 N–H and O–H groups in total. The molecule has 31 heavy (non-hydrogen) atoms. The van der Waals surface area contributed by atoms with Gasteiger partial charge in [0, 0.05) is 19.5 Å². The van der Waals surface area contributed by atoms with Crippen molar-refractivity contribution in [2.24, 2.45) is 5.41 Å². The Hall–Kier alpha value is -0.640. The van der Waals surface area contributed by atoms with Crippen LogP contribution in [0.5, 0.6) is 0 Å². The van der Waals surface area contributed by atoms with Gasteiger partial charge >= 0.3 is 29.9 Å². The lowest BCUT2D eigenvalue weighted by molar-refractivity contribution is -0.422. The fourth-order valence-electron chi connectivity index (χ4n) is 2.40. The summed E-state index contributed by atoms with van der Waals surface area (Å²) in [6.45, 7) is 4.20. The average Bonchev–Trinajstić information content (AvgIpc) is 2.74. The normalized spacial score (nSPS) is 15.0. The van der Waals surface area contributed by atoms with Gasteiger partial charge in [0.15, 0.2) is 4.77 Å². The van der Waals surface area contributed by atoms with Crippen molar-refractivity contribution < 1.29 is 48.3 Å². The lowest BCUT2D eigenvalue weighted by Crippen LogP contribution is -2.66. The van der Waals surface area contributed by atoms with Crippen molar-refractivity contribution in [3.8, 4) is 0 Å². The number of imidazole rings is 1. The maximum Gasteiger partial charge on any atom is 0.460 e. The van der Waals surface area contributed by atoms with Gasteiger partial charge in [-0.3, -0.25) is 0 Å². The predicted molar refractivity (Wildman–Crippen MR) is 97.7 cm³/mol. The van der Waals surface area contributed by atoms with E-state index in [9.17, 15) is 48.3 Å². The Kier molecular flexibility index (Phi) is 7.60. The van der Waals surface area contributed by atoms with Gasteiger partial charge in [0.25, 0.3) is 0 Å². The summed E-state index contributed by atoms with van der Waals surface area (Å²) in [5, 5.41) is -0.198. The summed E-state index contributed by atoms with van der Waals surface area (Å²) in [5.74, 6) is -27.9. The van der Waals surface area contributed by atoms with E-state index < -0.39 is 48.2 Å². The topological polar surface area (TPSA) is 9.86 Å². The molecule has 0 bridgehead atoms. The third kappa shape index (κ3) is 4.99. The number of nitrogens with zero attached hydrogens (tertiary/aromatic N) is 2. The lowest BCUT2D eigenvalue weighted by Gasteiger charge is -2.37. The summed E-state index contributed by atoms with van der Waals surface area (Å²) in [7, 11) is 0. The SMILES string of the molecule is CC(C)(C)Cn1c(S)c(S)n(CCC(F)(F)C(F)(F)C(F)(F)C(F)(F)C(F)(F)F)c1=S. The summed E-state index contributed by atoms with van der Waals surface area (Å²) in [5.41, 5.74) is -0.426. The highest BCUT2D eigenvalue weighted by atomic mass is 32.1. The molecule has 0 aromatic carbocycles. The van der Waals surface area contributed by atoms with Gasteiger partial charge in [0.05, 0.1) is 0 Å². The first kappa shape index (κ1) is 28.4. The Morgan fingerprint density at radius 1 is 0.710 bits per heavy atom. The first-order valence-electron chi connectivity index (χ1n) is 8.21. The van der Waals surface area contributed by atoms with Crippen LogP contribution in [-0.2, 0) is 13.1 Å². The Balaban J connectivity index is 3.30. The van der Waals surface area contributed by atoms with E-state index in [0.717, 1.165) is 0 Å². The molecule has 1 aromatic heterocycles. The highest BCUT2D eigenvalue weighted by molar-refractivity contribution is 7.83. The van der Waals surface area contributed by atoms with E-state index in [4.69, 9.17) is 12.2 Å². The summed E-state index contributed by atoms with van der Waals surface area (Å²) in [6, 6.07) is 0. The molecule has 2 nitrogen and oxygen atoms in total. The molecule has 1 aromatic rings. The number of rotatable bonds is 7. The van der Waals surface area contributed by atoms with Gasteiger partial charge in [-0.25, -0.2) is 0 Å².